The van der Waals surface area contributed by atoms with Crippen molar-refractivity contribution in [2.75, 3.05) is 11.4 Å². The highest BCUT2D eigenvalue weighted by Crippen LogP contribution is 2.26. The van der Waals surface area contributed by atoms with Crippen molar-refractivity contribution in [3.05, 3.63) is 29.3 Å². The van der Waals surface area contributed by atoms with Gasteiger partial charge in [-0.15, -0.1) is 0 Å². The maximum absolute atomic E-state index is 11.8. The van der Waals surface area contributed by atoms with Gasteiger partial charge in [-0.25, -0.2) is 0 Å². The first kappa shape index (κ1) is 11.6. The van der Waals surface area contributed by atoms with Crippen molar-refractivity contribution in [3.8, 4) is 0 Å². The molecule has 1 amide bonds. The van der Waals surface area contributed by atoms with Crippen molar-refractivity contribution in [2.45, 2.75) is 20.3 Å². The molecule has 4 heteroatoms. The Morgan fingerprint density at radius 2 is 1.88 bits per heavy atom. The van der Waals surface area contributed by atoms with Gasteiger partial charge in [0.15, 0.2) is 0 Å². The van der Waals surface area contributed by atoms with Crippen molar-refractivity contribution < 1.29 is 14.7 Å². The van der Waals surface area contributed by atoms with Crippen LogP contribution < -0.4 is 4.90 Å². The summed E-state index contributed by atoms with van der Waals surface area (Å²) in [5.41, 5.74) is 2.95. The molecule has 2 rings (SSSR count). The SMILES string of the molecule is Cc1cc(C)cc(N2C[C@H](C(=O)O)CC2=O)c1. The lowest BCUT2D eigenvalue weighted by atomic mass is 10.1. The molecule has 0 spiro atoms. The maximum Gasteiger partial charge on any atom is 0.308 e. The highest BCUT2D eigenvalue weighted by atomic mass is 16.4. The van der Waals surface area contributed by atoms with Crippen molar-refractivity contribution in [3.63, 3.8) is 0 Å². The van der Waals surface area contributed by atoms with Crippen molar-refractivity contribution in [1.29, 1.82) is 0 Å². The van der Waals surface area contributed by atoms with Gasteiger partial charge in [-0.05, 0) is 37.1 Å². The van der Waals surface area contributed by atoms with Gasteiger partial charge in [0.2, 0.25) is 5.91 Å². The van der Waals surface area contributed by atoms with Gasteiger partial charge in [0.25, 0.3) is 0 Å². The molecule has 17 heavy (non-hydrogen) atoms. The summed E-state index contributed by atoms with van der Waals surface area (Å²) in [6.45, 7) is 4.20. The Morgan fingerprint density at radius 1 is 1.29 bits per heavy atom. The zero-order valence-corrected chi connectivity index (χ0v) is 9.93. The first-order valence-electron chi connectivity index (χ1n) is 5.59. The number of rotatable bonds is 2. The molecule has 1 aliphatic heterocycles. The third kappa shape index (κ3) is 2.30. The van der Waals surface area contributed by atoms with Crippen molar-refractivity contribution >= 4 is 17.6 Å². The summed E-state index contributed by atoms with van der Waals surface area (Å²) in [7, 11) is 0. The molecule has 1 fully saturated rings. The van der Waals surface area contributed by atoms with Crippen LogP contribution in [-0.2, 0) is 9.59 Å². The average Bonchev–Trinajstić information content (AvgIpc) is 2.59. The Kier molecular flexibility index (Phi) is 2.88. The molecule has 1 N–H and O–H groups in total. The Bertz CT molecular complexity index is 461. The summed E-state index contributed by atoms with van der Waals surface area (Å²) in [5, 5.41) is 8.93. The summed E-state index contributed by atoms with van der Waals surface area (Å²) in [6, 6.07) is 5.85. The van der Waals surface area contributed by atoms with Gasteiger partial charge in [0.1, 0.15) is 0 Å². The number of nitrogens with zero attached hydrogens (tertiary/aromatic N) is 1. The van der Waals surface area contributed by atoms with Crippen LogP contribution in [0.15, 0.2) is 18.2 Å². The van der Waals surface area contributed by atoms with E-state index in [0.717, 1.165) is 16.8 Å². The summed E-state index contributed by atoms with van der Waals surface area (Å²) in [4.78, 5) is 24.2. The molecule has 90 valence electrons. The number of aliphatic carboxylic acids is 1. The second kappa shape index (κ2) is 4.20. The van der Waals surface area contributed by atoms with Gasteiger partial charge in [-0.1, -0.05) is 6.07 Å². The van der Waals surface area contributed by atoms with Gasteiger partial charge in [0.05, 0.1) is 5.92 Å². The maximum atomic E-state index is 11.8. The van der Waals surface area contributed by atoms with Crippen LogP contribution in [0.25, 0.3) is 0 Å². The standard InChI is InChI=1S/C13H15NO3/c1-8-3-9(2)5-11(4-8)14-7-10(13(16)17)6-12(14)15/h3-5,10H,6-7H2,1-2H3,(H,16,17)/t10-/m1/s1. The number of anilines is 1. The number of hydrogen-bond acceptors (Lipinski definition) is 2. The highest BCUT2D eigenvalue weighted by Gasteiger charge is 2.35. The Balaban J connectivity index is 2.28. The average molecular weight is 233 g/mol. The minimum Gasteiger partial charge on any atom is -0.481 e. The van der Waals surface area contributed by atoms with E-state index in [0.29, 0.717) is 0 Å². The molecular formula is C13H15NO3. The van der Waals surface area contributed by atoms with Crippen LogP contribution in [0.4, 0.5) is 5.69 Å². The number of aryl methyl sites for hydroxylation is 2. The van der Waals surface area contributed by atoms with E-state index in [1.165, 1.54) is 0 Å². The number of amides is 1. The van der Waals surface area contributed by atoms with Crippen LogP contribution in [0.2, 0.25) is 0 Å². The molecule has 0 radical (unpaired) electrons. The van der Waals surface area contributed by atoms with E-state index in [2.05, 4.69) is 0 Å². The fourth-order valence-electron chi connectivity index (χ4n) is 2.23. The van der Waals surface area contributed by atoms with E-state index in [4.69, 9.17) is 5.11 Å². The number of benzene rings is 1. The molecule has 1 aromatic rings. The molecule has 0 saturated carbocycles. The second-order valence-electron chi connectivity index (χ2n) is 4.59. The molecule has 1 aromatic carbocycles. The molecular weight excluding hydrogens is 218 g/mol. The predicted octanol–water partition coefficient (Wildman–Crippen LogP) is 1.74. The fraction of sp³-hybridized carbons (Fsp3) is 0.385. The van der Waals surface area contributed by atoms with E-state index in [1.54, 1.807) is 4.90 Å². The Hall–Kier alpha value is -1.84. The summed E-state index contributed by atoms with van der Waals surface area (Å²) >= 11 is 0. The minimum absolute atomic E-state index is 0.0995. The molecule has 4 nitrogen and oxygen atoms in total. The lowest BCUT2D eigenvalue weighted by Crippen LogP contribution is -2.25. The number of carbonyl (C=O) groups is 2. The largest absolute Gasteiger partial charge is 0.481 e. The number of hydrogen-bond donors (Lipinski definition) is 1. The zero-order valence-electron chi connectivity index (χ0n) is 9.93. The minimum atomic E-state index is -0.898. The zero-order chi connectivity index (χ0) is 12.6. The third-order valence-electron chi connectivity index (χ3n) is 2.99. The first-order chi connectivity index (χ1) is 7.97. The van der Waals surface area contributed by atoms with Crippen LogP contribution in [0.5, 0.6) is 0 Å². The van der Waals surface area contributed by atoms with E-state index < -0.39 is 11.9 Å². The van der Waals surface area contributed by atoms with Crippen molar-refractivity contribution in [1.82, 2.24) is 0 Å². The van der Waals surface area contributed by atoms with Gasteiger partial charge in [0, 0.05) is 18.7 Å². The van der Waals surface area contributed by atoms with E-state index >= 15 is 0 Å². The third-order valence-corrected chi connectivity index (χ3v) is 2.99. The number of carboxylic acids is 1. The molecule has 0 aliphatic carbocycles. The van der Waals surface area contributed by atoms with Crippen LogP contribution in [-0.4, -0.2) is 23.5 Å². The van der Waals surface area contributed by atoms with E-state index in [-0.39, 0.29) is 18.9 Å². The normalized spacial score (nSPS) is 19.8. The molecule has 1 aliphatic rings. The number of carbonyl (C=O) groups excluding carboxylic acids is 1. The summed E-state index contributed by atoms with van der Waals surface area (Å²) < 4.78 is 0. The lowest BCUT2D eigenvalue weighted by molar-refractivity contribution is -0.141. The fourth-order valence-corrected chi connectivity index (χ4v) is 2.23. The molecule has 0 bridgehead atoms. The second-order valence-corrected chi connectivity index (χ2v) is 4.59. The molecule has 1 heterocycles. The van der Waals surface area contributed by atoms with Gasteiger partial charge < -0.3 is 10.0 Å². The quantitative estimate of drug-likeness (QED) is 0.846. The molecule has 0 unspecified atom stereocenters. The summed E-state index contributed by atoms with van der Waals surface area (Å²) in [6.07, 6.45) is 0.0995. The van der Waals surface area contributed by atoms with E-state index in [9.17, 15) is 9.59 Å². The van der Waals surface area contributed by atoms with Gasteiger partial charge >= 0.3 is 5.97 Å². The van der Waals surface area contributed by atoms with Gasteiger partial charge in [-0.3, -0.25) is 9.59 Å². The van der Waals surface area contributed by atoms with Crippen molar-refractivity contribution in [2.24, 2.45) is 5.92 Å². The van der Waals surface area contributed by atoms with Crippen LogP contribution in [0, 0.1) is 19.8 Å². The molecule has 1 atom stereocenters. The highest BCUT2D eigenvalue weighted by molar-refractivity contribution is 5.99. The Labute approximate surface area is 99.9 Å². The topological polar surface area (TPSA) is 57.6 Å². The predicted molar refractivity (Wildman–Crippen MR) is 64.0 cm³/mol. The lowest BCUT2D eigenvalue weighted by Gasteiger charge is -2.17. The van der Waals surface area contributed by atoms with Gasteiger partial charge in [-0.2, -0.15) is 0 Å². The smallest absolute Gasteiger partial charge is 0.308 e. The molecule has 1 saturated heterocycles. The first-order valence-corrected chi connectivity index (χ1v) is 5.59. The molecule has 0 aromatic heterocycles. The number of carboxylic acid groups (broad SMARTS) is 1. The summed E-state index contributed by atoms with van der Waals surface area (Å²) in [5.74, 6) is -1.59. The monoisotopic (exact) mass is 233 g/mol. The van der Waals surface area contributed by atoms with Crippen LogP contribution >= 0.6 is 0 Å². The van der Waals surface area contributed by atoms with Crippen LogP contribution in [0.3, 0.4) is 0 Å². The van der Waals surface area contributed by atoms with E-state index in [1.807, 2.05) is 32.0 Å². The van der Waals surface area contributed by atoms with Crippen LogP contribution in [0.1, 0.15) is 17.5 Å². The Morgan fingerprint density at radius 3 is 2.35 bits per heavy atom.